The second-order valence-corrected chi connectivity index (χ2v) is 3.13. The first-order valence-electron chi connectivity index (χ1n) is 4.70. The van der Waals surface area contributed by atoms with Crippen molar-refractivity contribution in [1.82, 2.24) is 5.32 Å². The Hall–Kier alpha value is -1.82. The molecule has 6 heteroatoms. The summed E-state index contributed by atoms with van der Waals surface area (Å²) in [6.45, 7) is 1.00. The van der Waals surface area contributed by atoms with E-state index >= 15 is 0 Å². The quantitative estimate of drug-likeness (QED) is 0.648. The lowest BCUT2D eigenvalue weighted by molar-refractivity contribution is 0.157. The van der Waals surface area contributed by atoms with Gasteiger partial charge in [-0.3, -0.25) is 0 Å². The average Bonchev–Trinajstić information content (AvgIpc) is 2.22. The van der Waals surface area contributed by atoms with Crippen LogP contribution in [0.4, 0.5) is 9.18 Å². The summed E-state index contributed by atoms with van der Waals surface area (Å²) in [7, 11) is 0. The van der Waals surface area contributed by atoms with Crippen LogP contribution in [0.5, 0.6) is 5.75 Å². The van der Waals surface area contributed by atoms with E-state index in [0.717, 1.165) is 0 Å². The van der Waals surface area contributed by atoms with Crippen molar-refractivity contribution in [1.29, 1.82) is 0 Å². The molecule has 0 aromatic heterocycles. The highest BCUT2D eigenvalue weighted by Gasteiger charge is 2.01. The first-order chi connectivity index (χ1) is 7.59. The summed E-state index contributed by atoms with van der Waals surface area (Å²) in [4.78, 5) is 10.2. The molecule has 0 aliphatic rings. The highest BCUT2D eigenvalue weighted by molar-refractivity contribution is 5.64. The van der Waals surface area contributed by atoms with Crippen LogP contribution in [0.3, 0.4) is 0 Å². The van der Waals surface area contributed by atoms with Gasteiger partial charge in [0, 0.05) is 13.1 Å². The van der Waals surface area contributed by atoms with Crippen LogP contribution in [0.1, 0.15) is 5.56 Å². The van der Waals surface area contributed by atoms with Gasteiger partial charge in [-0.05, 0) is 17.7 Å². The molecule has 0 saturated carbocycles. The zero-order valence-corrected chi connectivity index (χ0v) is 8.57. The lowest BCUT2D eigenvalue weighted by atomic mass is 10.2. The van der Waals surface area contributed by atoms with Crippen LogP contribution >= 0.6 is 0 Å². The van der Waals surface area contributed by atoms with Gasteiger partial charge in [-0.15, -0.1) is 0 Å². The van der Waals surface area contributed by atoms with Crippen molar-refractivity contribution >= 4 is 6.09 Å². The minimum absolute atomic E-state index is 0.163. The molecule has 0 radical (unpaired) electrons. The third kappa shape index (κ3) is 4.14. The van der Waals surface area contributed by atoms with Gasteiger partial charge in [0.15, 0.2) is 11.6 Å². The van der Waals surface area contributed by atoms with Gasteiger partial charge in [-0.25, -0.2) is 9.18 Å². The summed E-state index contributed by atoms with van der Waals surface area (Å²) in [5.74, 6) is -1.03. The van der Waals surface area contributed by atoms with Gasteiger partial charge in [0.25, 0.3) is 0 Å². The van der Waals surface area contributed by atoms with Gasteiger partial charge in [0.05, 0.1) is 0 Å². The lowest BCUT2D eigenvalue weighted by Gasteiger charge is -2.05. The van der Waals surface area contributed by atoms with Crippen LogP contribution in [0, 0.1) is 5.82 Å². The van der Waals surface area contributed by atoms with Crippen LogP contribution < -0.4 is 11.1 Å². The van der Waals surface area contributed by atoms with E-state index in [-0.39, 0.29) is 12.4 Å². The fourth-order valence-corrected chi connectivity index (χ4v) is 1.12. The van der Waals surface area contributed by atoms with Crippen LogP contribution in [0.25, 0.3) is 0 Å². The number of phenols is 1. The molecule has 0 saturated heterocycles. The molecule has 88 valence electrons. The molecule has 0 bridgehead atoms. The minimum Gasteiger partial charge on any atom is -0.505 e. The Kier molecular flexibility index (Phi) is 4.53. The maximum absolute atomic E-state index is 12.9. The second kappa shape index (κ2) is 5.92. The van der Waals surface area contributed by atoms with Crippen LogP contribution in [-0.4, -0.2) is 24.4 Å². The summed E-state index contributed by atoms with van der Waals surface area (Å²) in [6.07, 6.45) is -0.822. The summed E-state index contributed by atoms with van der Waals surface area (Å²) < 4.78 is 17.4. The molecule has 1 rings (SSSR count). The number of phenolic OH excluding ortho intramolecular Hbond substituents is 1. The van der Waals surface area contributed by atoms with Crippen molar-refractivity contribution in [3.63, 3.8) is 0 Å². The average molecular weight is 228 g/mol. The van der Waals surface area contributed by atoms with Gasteiger partial charge < -0.3 is 20.9 Å². The largest absolute Gasteiger partial charge is 0.505 e. The molecule has 4 N–H and O–H groups in total. The standard InChI is InChI=1S/C10H13FN2O3/c11-8-5-7(1-2-9(8)14)6-13-3-4-16-10(12)15/h1-2,5,13-14H,3-4,6H2,(H2,12,15). The van der Waals surface area contributed by atoms with E-state index in [1.807, 2.05) is 0 Å². The molecule has 1 aromatic rings. The summed E-state index contributed by atoms with van der Waals surface area (Å²) in [5, 5.41) is 11.9. The summed E-state index contributed by atoms with van der Waals surface area (Å²) in [5.41, 5.74) is 5.45. The first-order valence-corrected chi connectivity index (χ1v) is 4.70. The maximum Gasteiger partial charge on any atom is 0.404 e. The van der Waals surface area contributed by atoms with E-state index in [1.165, 1.54) is 12.1 Å². The van der Waals surface area contributed by atoms with Crippen LogP contribution in [0.2, 0.25) is 0 Å². The van der Waals surface area contributed by atoms with E-state index in [4.69, 9.17) is 10.8 Å². The van der Waals surface area contributed by atoms with Crippen molar-refractivity contribution in [2.75, 3.05) is 13.2 Å². The molecule has 0 unspecified atom stereocenters. The number of hydrogen-bond donors (Lipinski definition) is 3. The number of nitrogens with two attached hydrogens (primary N) is 1. The molecular formula is C10H13FN2O3. The molecule has 0 fully saturated rings. The maximum atomic E-state index is 12.9. The van der Waals surface area contributed by atoms with E-state index in [0.29, 0.717) is 18.7 Å². The Balaban J connectivity index is 2.27. The Morgan fingerprint density at radius 3 is 2.94 bits per heavy atom. The number of aromatic hydroxyl groups is 1. The Morgan fingerprint density at radius 2 is 2.31 bits per heavy atom. The number of ether oxygens (including phenoxy) is 1. The van der Waals surface area contributed by atoms with E-state index in [9.17, 15) is 9.18 Å². The Labute approximate surface area is 92.0 Å². The fourth-order valence-electron chi connectivity index (χ4n) is 1.12. The number of carbonyl (C=O) groups is 1. The number of benzene rings is 1. The van der Waals surface area contributed by atoms with Gasteiger partial charge >= 0.3 is 6.09 Å². The fraction of sp³-hybridized carbons (Fsp3) is 0.300. The smallest absolute Gasteiger partial charge is 0.404 e. The zero-order chi connectivity index (χ0) is 12.0. The molecule has 0 spiro atoms. The molecule has 1 aromatic carbocycles. The van der Waals surface area contributed by atoms with Gasteiger partial charge in [0.2, 0.25) is 0 Å². The van der Waals surface area contributed by atoms with Crippen molar-refractivity contribution in [2.45, 2.75) is 6.54 Å². The van der Waals surface area contributed by atoms with Crippen molar-refractivity contribution in [3.8, 4) is 5.75 Å². The number of primary amides is 1. The predicted molar refractivity (Wildman–Crippen MR) is 55.3 cm³/mol. The molecule has 0 aliphatic heterocycles. The Morgan fingerprint density at radius 1 is 1.56 bits per heavy atom. The number of hydrogen-bond acceptors (Lipinski definition) is 4. The predicted octanol–water partition coefficient (Wildman–Crippen LogP) is 0.716. The minimum atomic E-state index is -0.822. The summed E-state index contributed by atoms with van der Waals surface area (Å²) in [6, 6.07) is 4.11. The normalized spacial score (nSPS) is 10.1. The topological polar surface area (TPSA) is 84.6 Å². The van der Waals surface area contributed by atoms with E-state index in [2.05, 4.69) is 10.1 Å². The molecule has 0 aliphatic carbocycles. The first kappa shape index (κ1) is 12.3. The molecule has 5 nitrogen and oxygen atoms in total. The van der Waals surface area contributed by atoms with E-state index < -0.39 is 11.9 Å². The van der Waals surface area contributed by atoms with Gasteiger partial charge in [-0.1, -0.05) is 6.07 Å². The van der Waals surface area contributed by atoms with Gasteiger partial charge in [0.1, 0.15) is 6.61 Å². The zero-order valence-electron chi connectivity index (χ0n) is 8.57. The number of rotatable bonds is 5. The van der Waals surface area contributed by atoms with Crippen molar-refractivity contribution in [3.05, 3.63) is 29.6 Å². The van der Waals surface area contributed by atoms with E-state index in [1.54, 1.807) is 6.07 Å². The molecule has 0 heterocycles. The van der Waals surface area contributed by atoms with Crippen molar-refractivity contribution < 1.29 is 19.0 Å². The second-order valence-electron chi connectivity index (χ2n) is 3.13. The molecule has 16 heavy (non-hydrogen) atoms. The Bertz CT molecular complexity index is 371. The summed E-state index contributed by atoms with van der Waals surface area (Å²) >= 11 is 0. The molecule has 1 amide bonds. The van der Waals surface area contributed by atoms with Crippen LogP contribution in [-0.2, 0) is 11.3 Å². The number of halogens is 1. The number of carbonyl (C=O) groups excluding carboxylic acids is 1. The third-order valence-electron chi connectivity index (χ3n) is 1.86. The molecular weight excluding hydrogens is 215 g/mol. The number of nitrogens with one attached hydrogen (secondary N) is 1. The lowest BCUT2D eigenvalue weighted by Crippen LogP contribution is -2.23. The highest BCUT2D eigenvalue weighted by Crippen LogP contribution is 2.15. The highest BCUT2D eigenvalue weighted by atomic mass is 19.1. The monoisotopic (exact) mass is 228 g/mol. The van der Waals surface area contributed by atoms with Crippen molar-refractivity contribution in [2.24, 2.45) is 5.73 Å². The number of amides is 1. The van der Waals surface area contributed by atoms with Crippen LogP contribution in [0.15, 0.2) is 18.2 Å². The molecule has 0 atom stereocenters. The third-order valence-corrected chi connectivity index (χ3v) is 1.86. The SMILES string of the molecule is NC(=O)OCCNCc1ccc(O)c(F)c1. The van der Waals surface area contributed by atoms with Gasteiger partial charge in [-0.2, -0.15) is 0 Å².